The number of nitrogens with zero attached hydrogens (tertiary/aromatic N) is 1. The Hall–Kier alpha value is -1.49. The van der Waals surface area contributed by atoms with E-state index in [2.05, 4.69) is 0 Å². The molecule has 0 fully saturated rings. The zero-order valence-corrected chi connectivity index (χ0v) is 9.17. The van der Waals surface area contributed by atoms with Gasteiger partial charge in [0.15, 0.2) is 0 Å². The van der Waals surface area contributed by atoms with Gasteiger partial charge in [0.05, 0.1) is 5.52 Å². The molecule has 0 saturated carbocycles. The monoisotopic (exact) mass is 242 g/mol. The Labute approximate surface area is 96.8 Å². The van der Waals surface area contributed by atoms with Crippen LogP contribution in [0.5, 0.6) is 0 Å². The van der Waals surface area contributed by atoms with E-state index in [-0.39, 0.29) is 0 Å². The van der Waals surface area contributed by atoms with Crippen molar-refractivity contribution < 1.29 is 13.2 Å². The van der Waals surface area contributed by atoms with Gasteiger partial charge in [-0.2, -0.15) is 13.2 Å². The molecule has 92 valence electrons. The third-order valence-electron chi connectivity index (χ3n) is 2.64. The predicted octanol–water partition coefficient (Wildman–Crippen LogP) is 2.70. The maximum Gasteiger partial charge on any atom is 0.406 e. The van der Waals surface area contributed by atoms with E-state index in [1.165, 1.54) is 10.8 Å². The number of nitrogens with two attached hydrogens (primary N) is 1. The van der Waals surface area contributed by atoms with E-state index < -0.39 is 12.7 Å². The summed E-state index contributed by atoms with van der Waals surface area (Å²) in [4.78, 5) is 0. The highest BCUT2D eigenvalue weighted by Crippen LogP contribution is 2.25. The van der Waals surface area contributed by atoms with Gasteiger partial charge in [-0.25, -0.2) is 0 Å². The topological polar surface area (TPSA) is 30.9 Å². The first kappa shape index (κ1) is 12.0. The van der Waals surface area contributed by atoms with Crippen molar-refractivity contribution in [2.24, 2.45) is 5.73 Å². The maximum absolute atomic E-state index is 12.4. The van der Waals surface area contributed by atoms with Crippen LogP contribution < -0.4 is 5.73 Å². The molecule has 0 aliphatic carbocycles. The van der Waals surface area contributed by atoms with Crippen molar-refractivity contribution in [2.75, 3.05) is 6.54 Å². The highest BCUT2D eigenvalue weighted by Gasteiger charge is 2.28. The summed E-state index contributed by atoms with van der Waals surface area (Å²) in [6.45, 7) is -0.533. The summed E-state index contributed by atoms with van der Waals surface area (Å²) in [5.41, 5.74) is 6.96. The largest absolute Gasteiger partial charge is 0.406 e. The smallest absolute Gasteiger partial charge is 0.338 e. The zero-order chi connectivity index (χ0) is 12.5. The third kappa shape index (κ3) is 2.61. The molecule has 0 unspecified atom stereocenters. The van der Waals surface area contributed by atoms with E-state index >= 15 is 0 Å². The van der Waals surface area contributed by atoms with Gasteiger partial charge in [-0.15, -0.1) is 0 Å². The number of halogens is 3. The lowest BCUT2D eigenvalue weighted by Gasteiger charge is -2.11. The minimum Gasteiger partial charge on any atom is -0.338 e. The molecule has 0 aliphatic rings. The number of hydrogen-bond acceptors (Lipinski definition) is 1. The molecule has 2 N–H and O–H groups in total. The number of aromatic nitrogens is 1. The fraction of sp³-hybridized carbons (Fsp3) is 0.333. The Morgan fingerprint density at radius 3 is 2.59 bits per heavy atom. The molecule has 17 heavy (non-hydrogen) atoms. The first-order chi connectivity index (χ1) is 8.01. The van der Waals surface area contributed by atoms with Crippen molar-refractivity contribution in [1.82, 2.24) is 4.57 Å². The van der Waals surface area contributed by atoms with Gasteiger partial charge in [-0.3, -0.25) is 0 Å². The second kappa shape index (κ2) is 4.41. The lowest BCUT2D eigenvalue weighted by molar-refractivity contribution is -0.139. The molecule has 0 atom stereocenters. The van der Waals surface area contributed by atoms with Crippen LogP contribution in [0.3, 0.4) is 0 Å². The first-order valence-corrected chi connectivity index (χ1v) is 5.35. The van der Waals surface area contributed by atoms with Crippen LogP contribution in [-0.4, -0.2) is 17.3 Å². The number of benzene rings is 1. The molecule has 0 saturated heterocycles. The molecule has 0 radical (unpaired) electrons. The van der Waals surface area contributed by atoms with Crippen LogP contribution in [0.1, 0.15) is 5.56 Å². The van der Waals surface area contributed by atoms with Gasteiger partial charge in [0.1, 0.15) is 6.54 Å². The molecule has 1 heterocycles. The van der Waals surface area contributed by atoms with Crippen LogP contribution in [0, 0.1) is 0 Å². The quantitative estimate of drug-likeness (QED) is 0.881. The van der Waals surface area contributed by atoms with E-state index in [1.54, 1.807) is 6.07 Å². The minimum absolute atomic E-state index is 0.427. The molecule has 1 aromatic carbocycles. The van der Waals surface area contributed by atoms with Gasteiger partial charge in [-0.05, 0) is 30.0 Å². The van der Waals surface area contributed by atoms with Crippen LogP contribution in [0.15, 0.2) is 30.5 Å². The highest BCUT2D eigenvalue weighted by molar-refractivity contribution is 5.83. The van der Waals surface area contributed by atoms with E-state index in [0.29, 0.717) is 18.5 Å². The molecular weight excluding hydrogens is 229 g/mol. The summed E-state index contributed by atoms with van der Waals surface area (Å²) in [5, 5.41) is 0.820. The molecule has 0 bridgehead atoms. The molecule has 2 rings (SSSR count). The van der Waals surface area contributed by atoms with Crippen molar-refractivity contribution in [3.05, 3.63) is 36.0 Å². The van der Waals surface area contributed by atoms with Gasteiger partial charge in [0.2, 0.25) is 0 Å². The predicted molar refractivity (Wildman–Crippen MR) is 60.8 cm³/mol. The molecular formula is C12H13F3N2. The number of alkyl halides is 3. The van der Waals surface area contributed by atoms with Crippen LogP contribution in [0.2, 0.25) is 0 Å². The van der Waals surface area contributed by atoms with Crippen molar-refractivity contribution in [3.63, 3.8) is 0 Å². The number of para-hydroxylation sites is 1. The summed E-state index contributed by atoms with van der Waals surface area (Å²) in [5.74, 6) is 0. The summed E-state index contributed by atoms with van der Waals surface area (Å²) in [7, 11) is 0. The second-order valence-electron chi connectivity index (χ2n) is 3.95. The van der Waals surface area contributed by atoms with Crippen LogP contribution in [-0.2, 0) is 13.0 Å². The van der Waals surface area contributed by atoms with Gasteiger partial charge in [-0.1, -0.05) is 18.2 Å². The van der Waals surface area contributed by atoms with Crippen molar-refractivity contribution in [2.45, 2.75) is 19.1 Å². The molecule has 1 aromatic heterocycles. The van der Waals surface area contributed by atoms with Crippen molar-refractivity contribution >= 4 is 10.9 Å². The SMILES string of the molecule is NCCc1cccc2ccn(CC(F)(F)F)c12. The number of fused-ring (bicyclic) bond motifs is 1. The lowest BCUT2D eigenvalue weighted by Crippen LogP contribution is -2.17. The lowest BCUT2D eigenvalue weighted by atomic mass is 10.1. The average molecular weight is 242 g/mol. The van der Waals surface area contributed by atoms with E-state index in [1.807, 2.05) is 18.2 Å². The van der Waals surface area contributed by atoms with E-state index in [9.17, 15) is 13.2 Å². The summed E-state index contributed by atoms with van der Waals surface area (Å²) in [6.07, 6.45) is -2.15. The molecule has 5 heteroatoms. The molecule has 0 spiro atoms. The number of rotatable bonds is 3. The van der Waals surface area contributed by atoms with E-state index in [0.717, 1.165) is 10.9 Å². The fourth-order valence-electron chi connectivity index (χ4n) is 2.02. The Morgan fingerprint density at radius 2 is 1.94 bits per heavy atom. The minimum atomic E-state index is -4.21. The van der Waals surface area contributed by atoms with Crippen molar-refractivity contribution in [1.29, 1.82) is 0 Å². The molecule has 2 aromatic rings. The maximum atomic E-state index is 12.4. The molecule has 0 amide bonds. The Morgan fingerprint density at radius 1 is 1.18 bits per heavy atom. The summed E-state index contributed by atoms with van der Waals surface area (Å²) < 4.78 is 38.5. The normalized spacial score (nSPS) is 12.2. The fourth-order valence-corrected chi connectivity index (χ4v) is 2.02. The average Bonchev–Trinajstić information content (AvgIpc) is 2.61. The van der Waals surface area contributed by atoms with Gasteiger partial charge >= 0.3 is 6.18 Å². The van der Waals surface area contributed by atoms with Crippen LogP contribution in [0.4, 0.5) is 13.2 Å². The second-order valence-corrected chi connectivity index (χ2v) is 3.95. The standard InChI is InChI=1S/C12H13F3N2/c13-12(14,15)8-17-7-5-10-3-1-2-9(4-6-16)11(10)17/h1-3,5,7H,4,6,8,16H2. The third-order valence-corrected chi connectivity index (χ3v) is 2.64. The molecule has 0 aliphatic heterocycles. The van der Waals surface area contributed by atoms with Crippen LogP contribution >= 0.6 is 0 Å². The summed E-state index contributed by atoms with van der Waals surface area (Å²) >= 11 is 0. The Bertz CT molecular complexity index is 514. The highest BCUT2D eigenvalue weighted by atomic mass is 19.4. The zero-order valence-electron chi connectivity index (χ0n) is 9.17. The van der Waals surface area contributed by atoms with Crippen LogP contribution in [0.25, 0.3) is 10.9 Å². The Balaban J connectivity index is 2.49. The summed E-state index contributed by atoms with van der Waals surface area (Å²) in [6, 6.07) is 7.16. The van der Waals surface area contributed by atoms with Gasteiger partial charge < -0.3 is 10.3 Å². The number of hydrogen-bond donors (Lipinski definition) is 1. The van der Waals surface area contributed by atoms with Gasteiger partial charge in [0, 0.05) is 6.20 Å². The van der Waals surface area contributed by atoms with E-state index in [4.69, 9.17) is 5.73 Å². The molecule has 2 nitrogen and oxygen atoms in total. The van der Waals surface area contributed by atoms with Crippen molar-refractivity contribution in [3.8, 4) is 0 Å². The van der Waals surface area contributed by atoms with Gasteiger partial charge in [0.25, 0.3) is 0 Å². The first-order valence-electron chi connectivity index (χ1n) is 5.35. The Kier molecular flexibility index (Phi) is 3.11.